The van der Waals surface area contributed by atoms with E-state index >= 15 is 0 Å². The molecule has 3 rings (SSSR count). The molecule has 0 aromatic heterocycles. The standard InChI is InChI=1S/C19H20N2O2/c1-23-17-9-7-16(8-10-17)14-19(22)21-12-11-20-18(21)13-15-5-3-2-4-6-15/h2-10H,11-14H2,1H3. The molecule has 1 amide bonds. The number of methoxy groups -OCH3 is 1. The lowest BCUT2D eigenvalue weighted by Gasteiger charge is -2.18. The number of benzene rings is 2. The average molecular weight is 308 g/mol. The summed E-state index contributed by atoms with van der Waals surface area (Å²) >= 11 is 0. The lowest BCUT2D eigenvalue weighted by molar-refractivity contribution is -0.126. The molecule has 2 aromatic rings. The van der Waals surface area contributed by atoms with Gasteiger partial charge in [-0.05, 0) is 23.3 Å². The summed E-state index contributed by atoms with van der Waals surface area (Å²) in [6.07, 6.45) is 1.09. The Morgan fingerprint density at radius 3 is 2.52 bits per heavy atom. The highest BCUT2D eigenvalue weighted by Gasteiger charge is 2.23. The molecule has 0 saturated carbocycles. The zero-order chi connectivity index (χ0) is 16.1. The molecule has 4 heteroatoms. The summed E-state index contributed by atoms with van der Waals surface area (Å²) in [5, 5.41) is 0. The van der Waals surface area contributed by atoms with Gasteiger partial charge in [0.1, 0.15) is 11.6 Å². The van der Waals surface area contributed by atoms with Crippen molar-refractivity contribution in [3.8, 4) is 5.75 Å². The maximum atomic E-state index is 12.6. The van der Waals surface area contributed by atoms with Gasteiger partial charge in [-0.2, -0.15) is 0 Å². The highest BCUT2D eigenvalue weighted by atomic mass is 16.5. The van der Waals surface area contributed by atoms with E-state index in [1.807, 2.05) is 47.4 Å². The van der Waals surface area contributed by atoms with Crippen molar-refractivity contribution in [1.29, 1.82) is 0 Å². The number of hydrogen-bond donors (Lipinski definition) is 0. The lowest BCUT2D eigenvalue weighted by Crippen LogP contribution is -2.36. The summed E-state index contributed by atoms with van der Waals surface area (Å²) in [5.74, 6) is 1.77. The van der Waals surface area contributed by atoms with Crippen molar-refractivity contribution < 1.29 is 9.53 Å². The predicted molar refractivity (Wildman–Crippen MR) is 90.9 cm³/mol. The Morgan fingerprint density at radius 1 is 1.09 bits per heavy atom. The van der Waals surface area contributed by atoms with Crippen molar-refractivity contribution in [3.05, 3.63) is 65.7 Å². The molecule has 1 aliphatic rings. The van der Waals surface area contributed by atoms with Crippen molar-refractivity contribution in [2.45, 2.75) is 12.8 Å². The van der Waals surface area contributed by atoms with E-state index in [0.29, 0.717) is 25.9 Å². The first-order valence-corrected chi connectivity index (χ1v) is 7.77. The van der Waals surface area contributed by atoms with Gasteiger partial charge in [0, 0.05) is 13.0 Å². The van der Waals surface area contributed by atoms with Crippen LogP contribution in [0, 0.1) is 0 Å². The van der Waals surface area contributed by atoms with Crippen molar-refractivity contribution >= 4 is 11.7 Å². The molecule has 1 aliphatic heterocycles. The summed E-state index contributed by atoms with van der Waals surface area (Å²) in [4.78, 5) is 18.9. The largest absolute Gasteiger partial charge is 0.497 e. The summed E-state index contributed by atoms with van der Waals surface area (Å²) in [7, 11) is 1.64. The fraction of sp³-hybridized carbons (Fsp3) is 0.263. The van der Waals surface area contributed by atoms with Crippen LogP contribution in [0.1, 0.15) is 11.1 Å². The number of amidine groups is 1. The van der Waals surface area contributed by atoms with Crippen molar-refractivity contribution in [2.75, 3.05) is 20.2 Å². The molecule has 0 bridgehead atoms. The van der Waals surface area contributed by atoms with E-state index in [1.165, 1.54) is 5.56 Å². The van der Waals surface area contributed by atoms with Crippen molar-refractivity contribution in [2.24, 2.45) is 4.99 Å². The topological polar surface area (TPSA) is 41.9 Å². The van der Waals surface area contributed by atoms with Crippen LogP contribution in [-0.2, 0) is 17.6 Å². The van der Waals surface area contributed by atoms with Gasteiger partial charge >= 0.3 is 0 Å². The summed E-state index contributed by atoms with van der Waals surface area (Å²) in [6.45, 7) is 1.37. The van der Waals surface area contributed by atoms with E-state index in [2.05, 4.69) is 17.1 Å². The second-order valence-corrected chi connectivity index (χ2v) is 5.53. The molecule has 2 aromatic carbocycles. The minimum Gasteiger partial charge on any atom is -0.497 e. The lowest BCUT2D eigenvalue weighted by atomic mass is 10.1. The second-order valence-electron chi connectivity index (χ2n) is 5.53. The molecule has 0 N–H and O–H groups in total. The third-order valence-electron chi connectivity index (χ3n) is 3.95. The van der Waals surface area contributed by atoms with Gasteiger partial charge in [0.15, 0.2) is 0 Å². The van der Waals surface area contributed by atoms with Crippen LogP contribution < -0.4 is 4.74 Å². The van der Waals surface area contributed by atoms with Crippen molar-refractivity contribution in [3.63, 3.8) is 0 Å². The molecule has 4 nitrogen and oxygen atoms in total. The van der Waals surface area contributed by atoms with E-state index in [9.17, 15) is 4.79 Å². The van der Waals surface area contributed by atoms with E-state index in [-0.39, 0.29) is 5.91 Å². The third kappa shape index (κ3) is 3.77. The SMILES string of the molecule is COc1ccc(CC(=O)N2CCN=C2Cc2ccccc2)cc1. The Labute approximate surface area is 136 Å². The van der Waals surface area contributed by atoms with Crippen LogP contribution in [0.4, 0.5) is 0 Å². The molecule has 0 unspecified atom stereocenters. The number of ether oxygens (including phenoxy) is 1. The zero-order valence-electron chi connectivity index (χ0n) is 13.2. The number of carbonyl (C=O) groups excluding carboxylic acids is 1. The monoisotopic (exact) mass is 308 g/mol. The summed E-state index contributed by atoms with van der Waals surface area (Å²) in [5.41, 5.74) is 2.16. The Bertz CT molecular complexity index is 693. The predicted octanol–water partition coefficient (Wildman–Crippen LogP) is 2.72. The van der Waals surface area contributed by atoms with Crippen LogP contribution >= 0.6 is 0 Å². The van der Waals surface area contributed by atoms with E-state index in [1.54, 1.807) is 7.11 Å². The fourth-order valence-corrected chi connectivity index (χ4v) is 2.71. The first-order valence-electron chi connectivity index (χ1n) is 7.77. The molecular formula is C19H20N2O2. The van der Waals surface area contributed by atoms with Gasteiger partial charge in [0.2, 0.25) is 5.91 Å². The molecule has 23 heavy (non-hydrogen) atoms. The summed E-state index contributed by atoms with van der Waals surface area (Å²) in [6, 6.07) is 17.8. The van der Waals surface area contributed by atoms with Gasteiger partial charge in [-0.1, -0.05) is 42.5 Å². The molecule has 0 radical (unpaired) electrons. The molecule has 0 saturated heterocycles. The Hall–Kier alpha value is -2.62. The maximum Gasteiger partial charge on any atom is 0.232 e. The molecule has 0 aliphatic carbocycles. The van der Waals surface area contributed by atoms with Gasteiger partial charge in [-0.3, -0.25) is 14.7 Å². The first-order chi connectivity index (χ1) is 11.3. The Balaban J connectivity index is 1.65. The Morgan fingerprint density at radius 2 is 1.83 bits per heavy atom. The van der Waals surface area contributed by atoms with E-state index in [0.717, 1.165) is 17.1 Å². The van der Waals surface area contributed by atoms with Crippen molar-refractivity contribution in [1.82, 2.24) is 4.90 Å². The van der Waals surface area contributed by atoms with Gasteiger partial charge in [0.25, 0.3) is 0 Å². The first kappa shape index (κ1) is 15.3. The van der Waals surface area contributed by atoms with Gasteiger partial charge in [0.05, 0.1) is 20.1 Å². The van der Waals surface area contributed by atoms with E-state index < -0.39 is 0 Å². The number of carbonyl (C=O) groups is 1. The van der Waals surface area contributed by atoms with Crippen LogP contribution in [0.5, 0.6) is 5.75 Å². The minimum absolute atomic E-state index is 0.0994. The van der Waals surface area contributed by atoms with Crippen LogP contribution in [-0.4, -0.2) is 36.8 Å². The normalized spacial score (nSPS) is 13.8. The molecule has 118 valence electrons. The van der Waals surface area contributed by atoms with Crippen LogP contribution in [0.25, 0.3) is 0 Å². The molecular weight excluding hydrogens is 288 g/mol. The number of hydrogen-bond acceptors (Lipinski definition) is 3. The number of aliphatic imine (C=N–C) groups is 1. The summed E-state index contributed by atoms with van der Waals surface area (Å²) < 4.78 is 5.14. The second kappa shape index (κ2) is 7.09. The highest BCUT2D eigenvalue weighted by molar-refractivity contribution is 6.00. The number of nitrogens with zero attached hydrogens (tertiary/aromatic N) is 2. The van der Waals surface area contributed by atoms with Crippen LogP contribution in [0.2, 0.25) is 0 Å². The molecule has 1 heterocycles. The molecule has 0 atom stereocenters. The van der Waals surface area contributed by atoms with Crippen LogP contribution in [0.3, 0.4) is 0 Å². The Kier molecular flexibility index (Phi) is 4.71. The van der Waals surface area contributed by atoms with Crippen LogP contribution in [0.15, 0.2) is 59.6 Å². The third-order valence-corrected chi connectivity index (χ3v) is 3.95. The smallest absolute Gasteiger partial charge is 0.232 e. The van der Waals surface area contributed by atoms with Gasteiger partial charge < -0.3 is 4.74 Å². The van der Waals surface area contributed by atoms with Gasteiger partial charge in [-0.15, -0.1) is 0 Å². The minimum atomic E-state index is 0.0994. The number of rotatable bonds is 5. The molecule has 0 spiro atoms. The maximum absolute atomic E-state index is 12.6. The molecule has 0 fully saturated rings. The fourth-order valence-electron chi connectivity index (χ4n) is 2.71. The zero-order valence-corrected chi connectivity index (χ0v) is 13.2. The van der Waals surface area contributed by atoms with Gasteiger partial charge in [-0.25, -0.2) is 0 Å². The average Bonchev–Trinajstić information content (AvgIpc) is 3.05. The number of amides is 1. The highest BCUT2D eigenvalue weighted by Crippen LogP contribution is 2.15. The quantitative estimate of drug-likeness (QED) is 0.852. The van der Waals surface area contributed by atoms with E-state index in [4.69, 9.17) is 4.74 Å².